The van der Waals surface area contributed by atoms with E-state index in [1.807, 2.05) is 23.9 Å². The monoisotopic (exact) mass is 211 g/mol. The molecule has 2 atom stereocenters. The maximum Gasteiger partial charge on any atom is 0.236 e. The highest BCUT2D eigenvalue weighted by Crippen LogP contribution is 2.24. The van der Waals surface area contributed by atoms with Gasteiger partial charge in [-0.3, -0.25) is 4.79 Å². The molecule has 0 radical (unpaired) electrons. The first-order valence-corrected chi connectivity index (χ1v) is 5.82. The van der Waals surface area contributed by atoms with Gasteiger partial charge in [-0.25, -0.2) is 0 Å². The second-order valence-electron chi connectivity index (χ2n) is 4.98. The van der Waals surface area contributed by atoms with Crippen molar-refractivity contribution in [2.45, 2.75) is 18.9 Å². The number of rotatable bonds is 2. The Morgan fingerprint density at radius 2 is 2.27 bits per heavy atom. The van der Waals surface area contributed by atoms with Crippen molar-refractivity contribution in [1.29, 1.82) is 0 Å². The van der Waals surface area contributed by atoms with Crippen molar-refractivity contribution < 1.29 is 4.79 Å². The van der Waals surface area contributed by atoms with Crippen molar-refractivity contribution in [3.05, 3.63) is 0 Å². The van der Waals surface area contributed by atoms with Gasteiger partial charge in [0.1, 0.15) is 0 Å². The zero-order chi connectivity index (χ0) is 10.8. The molecule has 0 aliphatic carbocycles. The quantitative estimate of drug-likeness (QED) is 0.684. The van der Waals surface area contributed by atoms with Crippen molar-refractivity contribution in [2.24, 2.45) is 5.92 Å². The average Bonchev–Trinajstić information content (AvgIpc) is 2.62. The van der Waals surface area contributed by atoms with E-state index in [1.54, 1.807) is 0 Å². The highest BCUT2D eigenvalue weighted by atomic mass is 16.2. The van der Waals surface area contributed by atoms with Crippen molar-refractivity contribution in [3.63, 3.8) is 0 Å². The minimum Gasteiger partial charge on any atom is -0.340 e. The third-order valence-electron chi connectivity index (χ3n) is 3.48. The Labute approximate surface area is 91.6 Å². The highest BCUT2D eigenvalue weighted by Gasteiger charge is 2.34. The fraction of sp³-hybridized carbons (Fsp3) is 0.909. The summed E-state index contributed by atoms with van der Waals surface area (Å²) in [7, 11) is 3.89. The summed E-state index contributed by atoms with van der Waals surface area (Å²) in [5.74, 6) is 1.08. The molecule has 0 aromatic rings. The van der Waals surface area contributed by atoms with Gasteiger partial charge < -0.3 is 15.1 Å². The van der Waals surface area contributed by atoms with Crippen LogP contribution in [0.2, 0.25) is 0 Å². The van der Waals surface area contributed by atoms with Crippen LogP contribution in [-0.2, 0) is 4.79 Å². The Hall–Kier alpha value is -0.610. The van der Waals surface area contributed by atoms with Gasteiger partial charge in [0.15, 0.2) is 0 Å². The van der Waals surface area contributed by atoms with Crippen LogP contribution in [0.15, 0.2) is 0 Å². The Bertz CT molecular complexity index is 242. The largest absolute Gasteiger partial charge is 0.340 e. The number of likely N-dealkylation sites (tertiary alicyclic amines) is 1. The van der Waals surface area contributed by atoms with E-state index < -0.39 is 0 Å². The molecule has 15 heavy (non-hydrogen) atoms. The second kappa shape index (κ2) is 4.49. The Morgan fingerprint density at radius 3 is 3.00 bits per heavy atom. The summed E-state index contributed by atoms with van der Waals surface area (Å²) < 4.78 is 0. The van der Waals surface area contributed by atoms with Gasteiger partial charge in [-0.05, 0) is 39.4 Å². The normalized spacial score (nSPS) is 30.7. The Kier molecular flexibility index (Phi) is 3.26. The summed E-state index contributed by atoms with van der Waals surface area (Å²) in [5, 5.41) is 3.49. The molecule has 2 saturated heterocycles. The van der Waals surface area contributed by atoms with Crippen LogP contribution in [-0.4, -0.2) is 62.0 Å². The van der Waals surface area contributed by atoms with E-state index in [2.05, 4.69) is 5.32 Å². The molecular formula is C11H21N3O. The van der Waals surface area contributed by atoms with Crippen LogP contribution in [0.1, 0.15) is 12.8 Å². The lowest BCUT2D eigenvalue weighted by molar-refractivity contribution is -0.133. The number of carbonyl (C=O) groups is 1. The predicted molar refractivity (Wildman–Crippen MR) is 59.6 cm³/mol. The van der Waals surface area contributed by atoms with Crippen LogP contribution in [0.5, 0.6) is 0 Å². The molecule has 0 unspecified atom stereocenters. The molecular weight excluding hydrogens is 190 g/mol. The zero-order valence-corrected chi connectivity index (χ0v) is 9.70. The number of hydrogen-bond acceptors (Lipinski definition) is 3. The van der Waals surface area contributed by atoms with Crippen molar-refractivity contribution in [3.8, 4) is 0 Å². The van der Waals surface area contributed by atoms with Crippen molar-refractivity contribution in [2.75, 3.05) is 40.3 Å². The first kappa shape index (κ1) is 10.9. The molecule has 2 fully saturated rings. The molecule has 0 saturated carbocycles. The molecule has 86 valence electrons. The highest BCUT2D eigenvalue weighted by molar-refractivity contribution is 5.78. The number of carbonyl (C=O) groups excluding carboxylic acids is 1. The van der Waals surface area contributed by atoms with Gasteiger partial charge in [-0.1, -0.05) is 0 Å². The third kappa shape index (κ3) is 2.49. The first-order chi connectivity index (χ1) is 7.16. The summed E-state index contributed by atoms with van der Waals surface area (Å²) in [6.07, 6.45) is 2.47. The number of likely N-dealkylation sites (N-methyl/N-ethyl adjacent to an activating group) is 1. The molecule has 2 aliphatic heterocycles. The molecule has 2 heterocycles. The van der Waals surface area contributed by atoms with E-state index >= 15 is 0 Å². The van der Waals surface area contributed by atoms with Crippen LogP contribution in [0.4, 0.5) is 0 Å². The lowest BCUT2D eigenvalue weighted by Gasteiger charge is -2.35. The minimum atomic E-state index is 0.271. The van der Waals surface area contributed by atoms with Crippen LogP contribution >= 0.6 is 0 Å². The van der Waals surface area contributed by atoms with Crippen LogP contribution in [0, 0.1) is 5.92 Å². The second-order valence-corrected chi connectivity index (χ2v) is 4.98. The van der Waals surface area contributed by atoms with Gasteiger partial charge in [0.05, 0.1) is 6.54 Å². The van der Waals surface area contributed by atoms with E-state index in [1.165, 1.54) is 12.8 Å². The lowest BCUT2D eigenvalue weighted by atomic mass is 9.92. The fourth-order valence-electron chi connectivity index (χ4n) is 2.63. The molecule has 4 nitrogen and oxygen atoms in total. The van der Waals surface area contributed by atoms with E-state index in [4.69, 9.17) is 0 Å². The molecule has 2 aliphatic rings. The van der Waals surface area contributed by atoms with Crippen LogP contribution in [0.25, 0.3) is 0 Å². The topological polar surface area (TPSA) is 35.6 Å². The number of fused-ring (bicyclic) bond motifs is 1. The maximum absolute atomic E-state index is 11.9. The Morgan fingerprint density at radius 1 is 1.47 bits per heavy atom. The van der Waals surface area contributed by atoms with E-state index in [0.29, 0.717) is 12.6 Å². The summed E-state index contributed by atoms with van der Waals surface area (Å²) in [6, 6.07) is 0.560. The van der Waals surface area contributed by atoms with Gasteiger partial charge in [-0.2, -0.15) is 0 Å². The average molecular weight is 211 g/mol. The predicted octanol–water partition coefficient (Wildman–Crippen LogP) is -0.242. The van der Waals surface area contributed by atoms with E-state index in [-0.39, 0.29) is 5.91 Å². The molecule has 0 bridgehead atoms. The number of nitrogens with one attached hydrogen (secondary N) is 1. The molecule has 1 amide bonds. The maximum atomic E-state index is 11.9. The molecule has 0 spiro atoms. The van der Waals surface area contributed by atoms with Crippen molar-refractivity contribution >= 4 is 5.91 Å². The number of nitrogens with zero attached hydrogens (tertiary/aromatic N) is 2. The lowest BCUT2D eigenvalue weighted by Crippen LogP contribution is -2.50. The van der Waals surface area contributed by atoms with Gasteiger partial charge >= 0.3 is 0 Å². The Balaban J connectivity index is 1.86. The molecule has 0 aromatic heterocycles. The number of hydrogen-bond donors (Lipinski definition) is 1. The molecule has 1 N–H and O–H groups in total. The molecule has 2 rings (SSSR count). The summed E-state index contributed by atoms with van der Waals surface area (Å²) >= 11 is 0. The van der Waals surface area contributed by atoms with E-state index in [0.717, 1.165) is 25.6 Å². The fourth-order valence-corrected chi connectivity index (χ4v) is 2.63. The summed E-state index contributed by atoms with van der Waals surface area (Å²) in [5.41, 5.74) is 0. The molecule has 0 aromatic carbocycles. The SMILES string of the molecule is CN(C)CC(=O)N1CC[C@H]2CCN[C@H]2C1. The van der Waals surface area contributed by atoms with Crippen LogP contribution < -0.4 is 5.32 Å². The standard InChI is InChI=1S/C11H21N3O/c1-13(2)8-11(15)14-6-4-9-3-5-12-10(9)7-14/h9-10,12H,3-8H2,1-2H3/t9-,10+/m1/s1. The van der Waals surface area contributed by atoms with E-state index in [9.17, 15) is 4.79 Å². The van der Waals surface area contributed by atoms with Gasteiger partial charge in [0, 0.05) is 19.1 Å². The first-order valence-electron chi connectivity index (χ1n) is 5.82. The smallest absolute Gasteiger partial charge is 0.236 e. The molecule has 4 heteroatoms. The summed E-state index contributed by atoms with van der Waals surface area (Å²) in [6.45, 7) is 3.54. The van der Waals surface area contributed by atoms with Crippen molar-refractivity contribution in [1.82, 2.24) is 15.1 Å². The summed E-state index contributed by atoms with van der Waals surface area (Å²) in [4.78, 5) is 15.8. The zero-order valence-electron chi connectivity index (χ0n) is 9.70. The number of piperidine rings is 1. The minimum absolute atomic E-state index is 0.271. The van der Waals surface area contributed by atoms with Gasteiger partial charge in [-0.15, -0.1) is 0 Å². The number of amides is 1. The third-order valence-corrected chi connectivity index (χ3v) is 3.48. The van der Waals surface area contributed by atoms with Crippen LogP contribution in [0.3, 0.4) is 0 Å². The van der Waals surface area contributed by atoms with Gasteiger partial charge in [0.2, 0.25) is 5.91 Å². The van der Waals surface area contributed by atoms with Gasteiger partial charge in [0.25, 0.3) is 0 Å².